The number of methoxy groups -OCH3 is 1. The highest BCUT2D eigenvalue weighted by molar-refractivity contribution is 5.86. The number of aromatic nitrogens is 1. The van der Waals surface area contributed by atoms with Crippen molar-refractivity contribution >= 4 is 11.8 Å². The van der Waals surface area contributed by atoms with Gasteiger partial charge < -0.3 is 19.1 Å². The van der Waals surface area contributed by atoms with E-state index in [1.165, 1.54) is 5.56 Å². The fraction of sp³-hybridized carbons (Fsp3) is 0.538. The van der Waals surface area contributed by atoms with E-state index in [2.05, 4.69) is 29.0 Å². The van der Waals surface area contributed by atoms with Gasteiger partial charge in [0, 0.05) is 44.0 Å². The standard InChI is InChI=1S/C26H37N3O3/c1-21(2)29(19-24-14-9-15-27(24)18-22-10-5-4-6-11-22)25(30)20-28(16-17-32-3)26(31)23-12-7-8-13-23/h4-6,9-11,14-15,21,23H,7-8,12-13,16-20H2,1-3H3. The summed E-state index contributed by atoms with van der Waals surface area (Å²) in [6.45, 7) is 6.34. The molecular formula is C26H37N3O3. The van der Waals surface area contributed by atoms with Gasteiger partial charge in [0.2, 0.25) is 11.8 Å². The van der Waals surface area contributed by atoms with Gasteiger partial charge in [-0.15, -0.1) is 0 Å². The SMILES string of the molecule is COCCN(CC(=O)N(Cc1cccn1Cc1ccccc1)C(C)C)C(=O)C1CCCC1. The monoisotopic (exact) mass is 439 g/mol. The third kappa shape index (κ3) is 6.45. The Morgan fingerprint density at radius 1 is 1.09 bits per heavy atom. The van der Waals surface area contributed by atoms with Crippen LogP contribution in [0.4, 0.5) is 0 Å². The van der Waals surface area contributed by atoms with Crippen molar-refractivity contribution in [3.63, 3.8) is 0 Å². The molecule has 0 saturated heterocycles. The number of ether oxygens (including phenoxy) is 1. The van der Waals surface area contributed by atoms with Crippen LogP contribution in [0.15, 0.2) is 48.7 Å². The van der Waals surface area contributed by atoms with E-state index < -0.39 is 0 Å². The summed E-state index contributed by atoms with van der Waals surface area (Å²) in [4.78, 5) is 30.0. The summed E-state index contributed by atoms with van der Waals surface area (Å²) in [5, 5.41) is 0. The van der Waals surface area contributed by atoms with Gasteiger partial charge in [-0.25, -0.2) is 0 Å². The zero-order valence-corrected chi connectivity index (χ0v) is 19.7. The lowest BCUT2D eigenvalue weighted by atomic mass is 10.1. The average molecular weight is 440 g/mol. The molecular weight excluding hydrogens is 402 g/mol. The Morgan fingerprint density at radius 3 is 2.47 bits per heavy atom. The molecule has 2 aromatic rings. The van der Waals surface area contributed by atoms with Crippen molar-refractivity contribution in [2.24, 2.45) is 5.92 Å². The third-order valence-electron chi connectivity index (χ3n) is 6.30. The van der Waals surface area contributed by atoms with E-state index in [1.807, 2.05) is 43.0 Å². The zero-order chi connectivity index (χ0) is 22.9. The number of benzene rings is 1. The van der Waals surface area contributed by atoms with Crippen molar-refractivity contribution in [2.75, 3.05) is 26.8 Å². The molecule has 1 fully saturated rings. The topological polar surface area (TPSA) is 54.8 Å². The molecule has 0 spiro atoms. The number of hydrogen-bond acceptors (Lipinski definition) is 3. The first kappa shape index (κ1) is 24.1. The van der Waals surface area contributed by atoms with Gasteiger partial charge in [-0.2, -0.15) is 0 Å². The molecule has 6 nitrogen and oxygen atoms in total. The van der Waals surface area contributed by atoms with Crippen LogP contribution >= 0.6 is 0 Å². The van der Waals surface area contributed by atoms with E-state index in [0.29, 0.717) is 19.7 Å². The largest absolute Gasteiger partial charge is 0.383 e. The Morgan fingerprint density at radius 2 is 1.81 bits per heavy atom. The lowest BCUT2D eigenvalue weighted by Gasteiger charge is -2.31. The fourth-order valence-corrected chi connectivity index (χ4v) is 4.41. The van der Waals surface area contributed by atoms with Gasteiger partial charge in [-0.05, 0) is 44.4 Å². The minimum Gasteiger partial charge on any atom is -0.383 e. The molecule has 2 amide bonds. The predicted octanol–water partition coefficient (Wildman–Crippen LogP) is 3.94. The Hall–Kier alpha value is -2.60. The van der Waals surface area contributed by atoms with Crippen LogP contribution in [-0.4, -0.2) is 59.0 Å². The van der Waals surface area contributed by atoms with Crippen LogP contribution in [0.5, 0.6) is 0 Å². The maximum atomic E-state index is 13.4. The number of nitrogens with zero attached hydrogens (tertiary/aromatic N) is 3. The Labute approximate surface area is 192 Å². The molecule has 0 aliphatic heterocycles. The summed E-state index contributed by atoms with van der Waals surface area (Å²) in [6.07, 6.45) is 6.10. The first-order valence-corrected chi connectivity index (χ1v) is 11.7. The summed E-state index contributed by atoms with van der Waals surface area (Å²) in [7, 11) is 1.63. The molecule has 174 valence electrons. The summed E-state index contributed by atoms with van der Waals surface area (Å²) < 4.78 is 7.39. The third-order valence-corrected chi connectivity index (χ3v) is 6.30. The van der Waals surface area contributed by atoms with Crippen molar-refractivity contribution < 1.29 is 14.3 Å². The predicted molar refractivity (Wildman–Crippen MR) is 126 cm³/mol. The Balaban J connectivity index is 1.69. The molecule has 32 heavy (non-hydrogen) atoms. The van der Waals surface area contributed by atoms with Crippen LogP contribution < -0.4 is 0 Å². The summed E-state index contributed by atoms with van der Waals surface area (Å²) in [6, 6.07) is 14.4. The van der Waals surface area contributed by atoms with Crippen molar-refractivity contribution in [1.82, 2.24) is 14.4 Å². The molecule has 0 bridgehead atoms. The molecule has 0 unspecified atom stereocenters. The molecule has 0 radical (unpaired) electrons. The maximum Gasteiger partial charge on any atom is 0.242 e. The van der Waals surface area contributed by atoms with E-state index in [0.717, 1.165) is 37.9 Å². The van der Waals surface area contributed by atoms with E-state index in [4.69, 9.17) is 4.74 Å². The van der Waals surface area contributed by atoms with E-state index >= 15 is 0 Å². The highest BCUT2D eigenvalue weighted by Gasteiger charge is 2.30. The van der Waals surface area contributed by atoms with Crippen LogP contribution in [0.25, 0.3) is 0 Å². The highest BCUT2D eigenvalue weighted by atomic mass is 16.5. The molecule has 1 heterocycles. The minimum absolute atomic E-state index is 0.0186. The maximum absolute atomic E-state index is 13.4. The lowest BCUT2D eigenvalue weighted by Crippen LogP contribution is -2.47. The van der Waals surface area contributed by atoms with Gasteiger partial charge in [0.15, 0.2) is 0 Å². The van der Waals surface area contributed by atoms with Gasteiger partial charge >= 0.3 is 0 Å². The van der Waals surface area contributed by atoms with Gasteiger partial charge in [0.25, 0.3) is 0 Å². The fourth-order valence-electron chi connectivity index (χ4n) is 4.41. The van der Waals surface area contributed by atoms with Gasteiger partial charge in [-0.1, -0.05) is 43.2 Å². The zero-order valence-electron chi connectivity index (χ0n) is 19.7. The van der Waals surface area contributed by atoms with Crippen molar-refractivity contribution in [1.29, 1.82) is 0 Å². The van der Waals surface area contributed by atoms with Crippen LogP contribution in [0.1, 0.15) is 50.8 Å². The smallest absolute Gasteiger partial charge is 0.242 e. The molecule has 0 N–H and O–H groups in total. The first-order valence-electron chi connectivity index (χ1n) is 11.7. The second-order valence-corrected chi connectivity index (χ2v) is 8.96. The van der Waals surface area contributed by atoms with E-state index in [1.54, 1.807) is 12.0 Å². The van der Waals surface area contributed by atoms with Crippen LogP contribution in [0.3, 0.4) is 0 Å². The number of carbonyl (C=O) groups excluding carboxylic acids is 2. The molecule has 0 atom stereocenters. The molecule has 1 saturated carbocycles. The van der Waals surface area contributed by atoms with Crippen molar-refractivity contribution in [2.45, 2.75) is 58.7 Å². The van der Waals surface area contributed by atoms with E-state index in [-0.39, 0.29) is 30.3 Å². The Bertz CT molecular complexity index is 856. The first-order chi connectivity index (χ1) is 15.5. The number of amides is 2. The summed E-state index contributed by atoms with van der Waals surface area (Å²) in [5.74, 6) is 0.134. The van der Waals surface area contributed by atoms with Gasteiger partial charge in [-0.3, -0.25) is 9.59 Å². The van der Waals surface area contributed by atoms with Crippen LogP contribution in [-0.2, 0) is 27.4 Å². The summed E-state index contributed by atoms with van der Waals surface area (Å²) >= 11 is 0. The number of carbonyl (C=O) groups is 2. The number of hydrogen-bond donors (Lipinski definition) is 0. The molecule has 1 aliphatic carbocycles. The van der Waals surface area contributed by atoms with Crippen LogP contribution in [0, 0.1) is 5.92 Å². The van der Waals surface area contributed by atoms with Crippen molar-refractivity contribution in [3.05, 3.63) is 59.9 Å². The quantitative estimate of drug-likeness (QED) is 0.533. The van der Waals surface area contributed by atoms with Crippen molar-refractivity contribution in [3.8, 4) is 0 Å². The second kappa shape index (κ2) is 11.9. The lowest BCUT2D eigenvalue weighted by molar-refractivity contribution is -0.144. The van der Waals surface area contributed by atoms with Gasteiger partial charge in [0.1, 0.15) is 0 Å². The number of rotatable bonds is 11. The van der Waals surface area contributed by atoms with E-state index in [9.17, 15) is 9.59 Å². The Kier molecular flexibility index (Phi) is 8.91. The van der Waals surface area contributed by atoms with Crippen LogP contribution in [0.2, 0.25) is 0 Å². The highest BCUT2D eigenvalue weighted by Crippen LogP contribution is 2.26. The normalized spacial score (nSPS) is 14.1. The average Bonchev–Trinajstić information content (AvgIpc) is 3.47. The summed E-state index contributed by atoms with van der Waals surface area (Å²) in [5.41, 5.74) is 2.31. The molecule has 3 rings (SSSR count). The van der Waals surface area contributed by atoms with Gasteiger partial charge in [0.05, 0.1) is 19.7 Å². The second-order valence-electron chi connectivity index (χ2n) is 8.96. The molecule has 1 aromatic carbocycles. The molecule has 1 aromatic heterocycles. The molecule has 1 aliphatic rings. The molecule has 6 heteroatoms. The minimum atomic E-state index is -0.0186.